The van der Waals surface area contributed by atoms with Crippen LogP contribution in [0.5, 0.6) is 5.75 Å². The molecule has 1 fully saturated rings. The monoisotopic (exact) mass is 545 g/mol. The van der Waals surface area contributed by atoms with Crippen LogP contribution in [0.15, 0.2) is 46.1 Å². The lowest BCUT2D eigenvalue weighted by molar-refractivity contribution is -0.149. The molecule has 3 N–H and O–H groups in total. The first kappa shape index (κ1) is 28.1. The van der Waals surface area contributed by atoms with Crippen molar-refractivity contribution in [2.75, 3.05) is 6.61 Å². The van der Waals surface area contributed by atoms with Crippen molar-refractivity contribution in [3.8, 4) is 5.75 Å². The van der Waals surface area contributed by atoms with E-state index in [2.05, 4.69) is 10.1 Å². The zero-order valence-electron chi connectivity index (χ0n) is 20.1. The smallest absolute Gasteiger partial charge is 0.459 e. The van der Waals surface area contributed by atoms with Crippen LogP contribution in [-0.2, 0) is 23.4 Å². The number of nitrogens with one attached hydrogen (secondary N) is 2. The molecule has 1 aromatic heterocycles. The fourth-order valence-electron chi connectivity index (χ4n) is 3.35. The molecule has 2 aromatic rings. The maximum absolute atomic E-state index is 13.6. The number of alkyl halides is 1. The van der Waals surface area contributed by atoms with E-state index in [0.717, 1.165) is 4.57 Å². The third kappa shape index (κ3) is 6.84. The molecule has 12 nitrogen and oxygen atoms in total. The molecular formula is C22H29ClN3O9P. The molecule has 14 heteroatoms. The van der Waals surface area contributed by atoms with Crippen LogP contribution in [0, 0.1) is 6.92 Å². The molecule has 36 heavy (non-hydrogen) atoms. The SMILES string of the molecule is Cc1cn([C@H]2O[C@@H](CO[P@@](=O)(N[C@@H](C)C(=O)OC(C)C)Oc3ccccc3)C(O)[C@H]2Cl)c(=O)[nH]c1=O. The molecule has 0 saturated carbocycles. The number of H-pyrrole nitrogens is 1. The van der Waals surface area contributed by atoms with Gasteiger partial charge in [-0.1, -0.05) is 18.2 Å². The van der Waals surface area contributed by atoms with Gasteiger partial charge in [-0.3, -0.25) is 23.7 Å². The van der Waals surface area contributed by atoms with E-state index >= 15 is 0 Å². The molecule has 1 saturated heterocycles. The minimum Gasteiger partial charge on any atom is -0.462 e. The van der Waals surface area contributed by atoms with E-state index in [1.807, 2.05) is 0 Å². The maximum Gasteiger partial charge on any atom is 0.459 e. The minimum atomic E-state index is -4.21. The van der Waals surface area contributed by atoms with E-state index in [1.54, 1.807) is 44.2 Å². The lowest BCUT2D eigenvalue weighted by Crippen LogP contribution is -2.37. The van der Waals surface area contributed by atoms with Crippen molar-refractivity contribution in [3.05, 3.63) is 62.9 Å². The van der Waals surface area contributed by atoms with E-state index in [9.17, 15) is 24.1 Å². The third-order valence-corrected chi connectivity index (χ3v) is 7.27. The van der Waals surface area contributed by atoms with E-state index < -0.39 is 67.5 Å². The number of rotatable bonds is 10. The van der Waals surface area contributed by atoms with Crippen molar-refractivity contribution in [2.45, 2.75) is 63.7 Å². The summed E-state index contributed by atoms with van der Waals surface area (Å²) in [4.78, 5) is 38.3. The van der Waals surface area contributed by atoms with Crippen LogP contribution in [0.25, 0.3) is 0 Å². The Hall–Kier alpha value is -2.47. The lowest BCUT2D eigenvalue weighted by atomic mass is 10.2. The minimum absolute atomic E-state index is 0.203. The van der Waals surface area contributed by atoms with Gasteiger partial charge in [-0.2, -0.15) is 5.09 Å². The highest BCUT2D eigenvalue weighted by atomic mass is 35.5. The predicted molar refractivity (Wildman–Crippen MR) is 130 cm³/mol. The highest BCUT2D eigenvalue weighted by molar-refractivity contribution is 7.52. The molecule has 0 spiro atoms. The summed E-state index contributed by atoms with van der Waals surface area (Å²) in [6.45, 7) is 5.81. The van der Waals surface area contributed by atoms with E-state index in [1.165, 1.54) is 20.0 Å². The van der Waals surface area contributed by atoms with Gasteiger partial charge in [0.15, 0.2) is 6.23 Å². The van der Waals surface area contributed by atoms with Crippen molar-refractivity contribution >= 4 is 25.3 Å². The van der Waals surface area contributed by atoms with Crippen LogP contribution in [-0.4, -0.2) is 57.0 Å². The highest BCUT2D eigenvalue weighted by Gasteiger charge is 2.45. The van der Waals surface area contributed by atoms with Gasteiger partial charge in [0.2, 0.25) is 0 Å². The summed E-state index contributed by atoms with van der Waals surface area (Å²) < 4.78 is 36.6. The predicted octanol–water partition coefficient (Wildman–Crippen LogP) is 1.84. The van der Waals surface area contributed by atoms with Gasteiger partial charge in [-0.05, 0) is 39.8 Å². The van der Waals surface area contributed by atoms with Gasteiger partial charge in [-0.15, -0.1) is 11.6 Å². The largest absolute Gasteiger partial charge is 0.462 e. The molecule has 0 bridgehead atoms. The standard InChI is InChI=1S/C22H29ClN3O9P/c1-12(2)33-21(29)14(4)25-36(31,35-15-8-6-5-7-9-15)32-11-16-18(27)17(23)20(34-16)26-10-13(3)19(28)24-22(26)30/h5-10,12,14,16-18,20,27H,11H2,1-4H3,(H,25,31)(H,24,28,30)/t14-,16-,17+,18?,20-,36-/m0/s1. The zero-order chi connectivity index (χ0) is 26.6. The Labute approximate surface area is 212 Å². The van der Waals surface area contributed by atoms with Crippen LogP contribution in [0.4, 0.5) is 0 Å². The molecule has 1 aliphatic rings. The molecule has 2 heterocycles. The number of benzene rings is 1. The van der Waals surface area contributed by atoms with Gasteiger partial charge in [0.1, 0.15) is 29.4 Å². The average Bonchev–Trinajstić information content (AvgIpc) is 3.08. The summed E-state index contributed by atoms with van der Waals surface area (Å²) in [5.74, 6) is -0.467. The summed E-state index contributed by atoms with van der Waals surface area (Å²) in [5, 5.41) is 12.1. The number of hydrogen-bond donors (Lipinski definition) is 3. The molecule has 0 radical (unpaired) electrons. The number of ether oxygens (including phenoxy) is 2. The maximum atomic E-state index is 13.6. The molecule has 3 rings (SSSR count). The second-order valence-corrected chi connectivity index (χ2v) is 10.7. The van der Waals surface area contributed by atoms with Crippen molar-refractivity contribution in [2.24, 2.45) is 0 Å². The fraction of sp³-hybridized carbons (Fsp3) is 0.500. The number of esters is 1. The van der Waals surface area contributed by atoms with Crippen molar-refractivity contribution < 1.29 is 33.0 Å². The molecule has 198 valence electrons. The van der Waals surface area contributed by atoms with Crippen molar-refractivity contribution in [3.63, 3.8) is 0 Å². The first-order valence-corrected chi connectivity index (χ1v) is 13.2. The van der Waals surface area contributed by atoms with Crippen LogP contribution in [0.2, 0.25) is 0 Å². The molecular weight excluding hydrogens is 517 g/mol. The van der Waals surface area contributed by atoms with Crippen LogP contribution in [0.3, 0.4) is 0 Å². The van der Waals surface area contributed by atoms with Crippen LogP contribution >= 0.6 is 19.3 Å². The zero-order valence-corrected chi connectivity index (χ0v) is 21.8. The molecule has 1 aliphatic heterocycles. The van der Waals surface area contributed by atoms with Gasteiger partial charge >= 0.3 is 19.4 Å². The summed E-state index contributed by atoms with van der Waals surface area (Å²) in [5.41, 5.74) is -1.09. The summed E-state index contributed by atoms with van der Waals surface area (Å²) in [7, 11) is -4.21. The highest BCUT2D eigenvalue weighted by Crippen LogP contribution is 2.46. The Kier molecular flexibility index (Phi) is 9.15. The van der Waals surface area contributed by atoms with Gasteiger partial charge in [0, 0.05) is 11.8 Å². The number of carbonyl (C=O) groups excluding carboxylic acids is 1. The van der Waals surface area contributed by atoms with Gasteiger partial charge < -0.3 is 19.1 Å². The van der Waals surface area contributed by atoms with Gasteiger partial charge in [-0.25, -0.2) is 9.36 Å². The van der Waals surface area contributed by atoms with Crippen molar-refractivity contribution in [1.82, 2.24) is 14.6 Å². The Bertz CT molecular complexity index is 1220. The first-order chi connectivity index (χ1) is 16.9. The number of aromatic amines is 1. The fourth-order valence-corrected chi connectivity index (χ4v) is 5.19. The molecule has 0 amide bonds. The second-order valence-electron chi connectivity index (χ2n) is 8.51. The van der Waals surface area contributed by atoms with Crippen LogP contribution < -0.4 is 20.9 Å². The quantitative estimate of drug-likeness (QED) is 0.228. The molecule has 0 aliphatic carbocycles. The summed E-state index contributed by atoms with van der Waals surface area (Å²) in [6, 6.07) is 7.09. The second kappa shape index (κ2) is 11.7. The molecule has 1 aromatic carbocycles. The number of aryl methyl sites for hydroxylation is 1. The number of aliphatic hydroxyl groups is 1. The third-order valence-electron chi connectivity index (χ3n) is 5.15. The molecule has 1 unspecified atom stereocenters. The topological polar surface area (TPSA) is 158 Å². The number of carbonyl (C=O) groups is 1. The number of nitrogens with zero attached hydrogens (tertiary/aromatic N) is 1. The van der Waals surface area contributed by atoms with E-state index in [-0.39, 0.29) is 11.3 Å². The van der Waals surface area contributed by atoms with E-state index in [0.29, 0.717) is 0 Å². The number of halogens is 1. The Balaban J connectivity index is 1.77. The number of para-hydroxylation sites is 1. The summed E-state index contributed by atoms with van der Waals surface area (Å²) in [6.07, 6.45) is -2.71. The van der Waals surface area contributed by atoms with Gasteiger partial charge in [0.25, 0.3) is 5.56 Å². The van der Waals surface area contributed by atoms with Crippen molar-refractivity contribution in [1.29, 1.82) is 0 Å². The Morgan fingerprint density at radius 1 is 1.28 bits per heavy atom. The Morgan fingerprint density at radius 3 is 2.58 bits per heavy atom. The first-order valence-electron chi connectivity index (χ1n) is 11.2. The lowest BCUT2D eigenvalue weighted by Gasteiger charge is -2.25. The van der Waals surface area contributed by atoms with E-state index in [4.69, 9.17) is 30.1 Å². The van der Waals surface area contributed by atoms with Gasteiger partial charge in [0.05, 0.1) is 12.7 Å². The number of hydrogen-bond acceptors (Lipinski definition) is 9. The summed E-state index contributed by atoms with van der Waals surface area (Å²) >= 11 is 6.32. The average molecular weight is 546 g/mol. The molecule has 6 atom stereocenters. The normalized spacial score (nSPS) is 24.3. The number of aromatic nitrogens is 2. The number of aliphatic hydroxyl groups excluding tert-OH is 1. The van der Waals surface area contributed by atoms with Crippen LogP contribution in [0.1, 0.15) is 32.6 Å². The Morgan fingerprint density at radius 2 is 1.94 bits per heavy atom.